The summed E-state index contributed by atoms with van der Waals surface area (Å²) in [5.41, 5.74) is 7.12. The second kappa shape index (κ2) is 17.4. The Bertz CT molecular complexity index is 1960. The molecule has 11 heteroatoms. The lowest BCUT2D eigenvalue weighted by molar-refractivity contribution is -0.143. The smallest absolute Gasteiger partial charge is 0.321 e. The van der Waals surface area contributed by atoms with E-state index in [0.717, 1.165) is 46.5 Å². The first-order valence-electron chi connectivity index (χ1n) is 18.3. The number of β-amino-alcohol motifs (C(OH)–C–C–N with tert-alkyl or cyclic N) is 1. The van der Waals surface area contributed by atoms with Gasteiger partial charge in [-0.3, -0.25) is 14.7 Å². The van der Waals surface area contributed by atoms with Gasteiger partial charge in [-0.15, -0.1) is 0 Å². The van der Waals surface area contributed by atoms with Crippen LogP contribution in [0.3, 0.4) is 0 Å². The predicted octanol–water partition coefficient (Wildman–Crippen LogP) is 7.49. The van der Waals surface area contributed by atoms with Gasteiger partial charge in [-0.1, -0.05) is 41.9 Å². The Kier molecular flexibility index (Phi) is 12.5. The first kappa shape index (κ1) is 38.1. The van der Waals surface area contributed by atoms with E-state index >= 15 is 0 Å². The highest BCUT2D eigenvalue weighted by molar-refractivity contribution is 6.32. The predicted molar refractivity (Wildman–Crippen MR) is 203 cm³/mol. The summed E-state index contributed by atoms with van der Waals surface area (Å²) in [5.74, 6) is 0.749. The van der Waals surface area contributed by atoms with E-state index in [1.54, 1.807) is 29.3 Å². The van der Waals surface area contributed by atoms with E-state index < -0.39 is 24.2 Å². The largest absolute Gasteiger partial charge is 0.493 e. The maximum absolute atomic E-state index is 12.1. The van der Waals surface area contributed by atoms with Crippen molar-refractivity contribution in [1.82, 2.24) is 14.8 Å². The highest BCUT2D eigenvalue weighted by Gasteiger charge is 2.40. The maximum atomic E-state index is 12.1. The molecular formula is C42H47ClN4O6. The van der Waals surface area contributed by atoms with Crippen molar-refractivity contribution in [3.05, 3.63) is 105 Å². The number of carboxylic acids is 1. The van der Waals surface area contributed by atoms with Crippen molar-refractivity contribution >= 4 is 17.6 Å². The number of likely N-dealkylation sites (tertiary alicyclic amines) is 2. The number of carboxylic acid groups (broad SMARTS) is 1. The molecule has 2 aliphatic heterocycles. The molecule has 1 unspecified atom stereocenters. The lowest BCUT2D eigenvalue weighted by atomic mass is 9.93. The number of ether oxygens (including phenoxy) is 3. The second-order valence-electron chi connectivity index (χ2n) is 14.0. The molecule has 0 spiro atoms. The summed E-state index contributed by atoms with van der Waals surface area (Å²) >= 11 is 6.87. The number of hydrogen-bond acceptors (Lipinski definition) is 9. The number of aliphatic carboxylic acids is 1. The van der Waals surface area contributed by atoms with Gasteiger partial charge in [-0.05, 0) is 99.1 Å². The quantitative estimate of drug-likeness (QED) is 0.118. The van der Waals surface area contributed by atoms with Crippen LogP contribution in [0.25, 0.3) is 11.1 Å². The van der Waals surface area contributed by atoms with Crippen LogP contribution in [0.5, 0.6) is 17.2 Å². The highest BCUT2D eigenvalue weighted by Crippen LogP contribution is 2.41. The molecule has 3 atom stereocenters. The molecule has 0 aliphatic carbocycles. The van der Waals surface area contributed by atoms with Gasteiger partial charge in [0.2, 0.25) is 0 Å². The van der Waals surface area contributed by atoms with Crippen LogP contribution in [0.2, 0.25) is 5.02 Å². The summed E-state index contributed by atoms with van der Waals surface area (Å²) in [6.07, 6.45) is 6.06. The third kappa shape index (κ3) is 9.11. The molecule has 6 rings (SSSR count). The molecule has 53 heavy (non-hydrogen) atoms. The standard InChI is InChI=1S/C42H47ClN4O6/c1-27-32(9-6-10-34(27)35-11-7-12-39(28(35)2)51-16-8-15-46-13-4-5-14-46)26-53-41-20-40(52-25-31-17-30(21-44)22-45-23-31)36(19-37(41)43)29(3)47-24-33(48)18-38(47)42(49)50/h6-7,9-12,17,19-20,22-23,29,33,38,48H,4-5,8,13-16,18,24-26H2,1-3H3,(H,49,50)/t29?,33-,38+/m1/s1. The molecule has 2 aliphatic rings. The molecule has 278 valence electrons. The van der Waals surface area contributed by atoms with E-state index in [-0.39, 0.29) is 26.2 Å². The number of benzene rings is 3. The van der Waals surface area contributed by atoms with Crippen molar-refractivity contribution in [3.8, 4) is 34.4 Å². The number of nitrogens with zero attached hydrogens (tertiary/aromatic N) is 4. The van der Waals surface area contributed by atoms with Gasteiger partial charge in [-0.2, -0.15) is 5.26 Å². The number of halogens is 1. The minimum Gasteiger partial charge on any atom is -0.493 e. The molecule has 10 nitrogen and oxygen atoms in total. The van der Waals surface area contributed by atoms with Gasteiger partial charge in [-0.25, -0.2) is 0 Å². The normalized spacial score (nSPS) is 18.1. The molecule has 0 amide bonds. The van der Waals surface area contributed by atoms with Crippen LogP contribution in [-0.2, 0) is 18.0 Å². The fourth-order valence-corrected chi connectivity index (χ4v) is 7.64. The Morgan fingerprint density at radius 3 is 2.47 bits per heavy atom. The Hall–Kier alpha value is -4.66. The van der Waals surface area contributed by atoms with Crippen molar-refractivity contribution < 1.29 is 29.2 Å². The van der Waals surface area contributed by atoms with Crippen LogP contribution in [0.15, 0.2) is 67.0 Å². The average Bonchev–Trinajstić information content (AvgIpc) is 3.83. The lowest BCUT2D eigenvalue weighted by Crippen LogP contribution is -2.38. The Morgan fingerprint density at radius 2 is 1.72 bits per heavy atom. The van der Waals surface area contributed by atoms with Gasteiger partial charge in [0.15, 0.2) is 0 Å². The Morgan fingerprint density at radius 1 is 0.981 bits per heavy atom. The zero-order valence-corrected chi connectivity index (χ0v) is 31.3. The van der Waals surface area contributed by atoms with Crippen LogP contribution in [-0.4, -0.2) is 75.9 Å². The van der Waals surface area contributed by atoms with Gasteiger partial charge in [0, 0.05) is 55.1 Å². The number of hydrogen-bond donors (Lipinski definition) is 2. The van der Waals surface area contributed by atoms with E-state index in [1.807, 2.05) is 31.2 Å². The molecule has 0 saturated carbocycles. The van der Waals surface area contributed by atoms with Crippen molar-refractivity contribution in [2.45, 2.75) is 77.9 Å². The number of aromatic nitrogens is 1. The maximum Gasteiger partial charge on any atom is 0.321 e. The van der Waals surface area contributed by atoms with E-state index in [1.165, 1.54) is 32.1 Å². The molecule has 2 N–H and O–H groups in total. The van der Waals surface area contributed by atoms with E-state index in [0.29, 0.717) is 39.8 Å². The van der Waals surface area contributed by atoms with Crippen molar-refractivity contribution in [1.29, 1.82) is 5.26 Å². The molecule has 0 bridgehead atoms. The second-order valence-corrected chi connectivity index (χ2v) is 14.4. The summed E-state index contributed by atoms with van der Waals surface area (Å²) < 4.78 is 19.0. The van der Waals surface area contributed by atoms with Gasteiger partial charge < -0.3 is 29.3 Å². The monoisotopic (exact) mass is 738 g/mol. The zero-order valence-electron chi connectivity index (χ0n) is 30.6. The Labute approximate surface area is 316 Å². The molecular weight excluding hydrogens is 692 g/mol. The summed E-state index contributed by atoms with van der Waals surface area (Å²) in [4.78, 5) is 20.5. The van der Waals surface area contributed by atoms with Gasteiger partial charge >= 0.3 is 5.97 Å². The number of nitriles is 1. The van der Waals surface area contributed by atoms with E-state index in [4.69, 9.17) is 25.8 Å². The van der Waals surface area contributed by atoms with Crippen molar-refractivity contribution in [2.24, 2.45) is 0 Å². The van der Waals surface area contributed by atoms with Crippen LogP contribution in [0.1, 0.15) is 72.0 Å². The van der Waals surface area contributed by atoms with Gasteiger partial charge in [0.25, 0.3) is 0 Å². The third-order valence-electron chi connectivity index (χ3n) is 10.4. The SMILES string of the molecule is Cc1c(COc2cc(OCc3cncc(C#N)c3)c(C(C)N3C[C@H](O)C[C@H]3C(=O)O)cc2Cl)cccc1-c1cccc(OCCCN2CCCC2)c1C. The summed E-state index contributed by atoms with van der Waals surface area (Å²) in [5, 5.41) is 30.0. The minimum absolute atomic E-state index is 0.107. The topological polar surface area (TPSA) is 128 Å². The first-order valence-corrected chi connectivity index (χ1v) is 18.6. The molecule has 3 aromatic carbocycles. The van der Waals surface area contributed by atoms with E-state index in [9.17, 15) is 20.3 Å². The molecule has 4 aromatic rings. The van der Waals surface area contributed by atoms with Crippen LogP contribution in [0, 0.1) is 25.2 Å². The van der Waals surface area contributed by atoms with Crippen LogP contribution in [0.4, 0.5) is 0 Å². The van der Waals surface area contributed by atoms with E-state index in [2.05, 4.69) is 41.9 Å². The third-order valence-corrected chi connectivity index (χ3v) is 10.7. The lowest BCUT2D eigenvalue weighted by Gasteiger charge is -2.30. The number of aliphatic hydroxyl groups is 1. The zero-order chi connectivity index (χ0) is 37.5. The molecule has 0 radical (unpaired) electrons. The van der Waals surface area contributed by atoms with Crippen molar-refractivity contribution in [3.63, 3.8) is 0 Å². The Balaban J connectivity index is 1.22. The van der Waals surface area contributed by atoms with Crippen molar-refractivity contribution in [2.75, 3.05) is 32.8 Å². The first-order chi connectivity index (χ1) is 25.6. The summed E-state index contributed by atoms with van der Waals surface area (Å²) in [6, 6.07) is 18.3. The highest BCUT2D eigenvalue weighted by atomic mass is 35.5. The average molecular weight is 739 g/mol. The number of carbonyl (C=O) groups is 1. The molecule has 2 fully saturated rings. The number of pyridine rings is 1. The number of aliphatic hydroxyl groups excluding tert-OH is 1. The minimum atomic E-state index is -0.999. The molecule has 1 aromatic heterocycles. The summed E-state index contributed by atoms with van der Waals surface area (Å²) in [6.45, 7) is 10.7. The molecule has 2 saturated heterocycles. The van der Waals surface area contributed by atoms with Gasteiger partial charge in [0.05, 0.1) is 23.3 Å². The van der Waals surface area contributed by atoms with Gasteiger partial charge in [0.1, 0.15) is 42.6 Å². The van der Waals surface area contributed by atoms with Crippen LogP contribution < -0.4 is 14.2 Å². The fourth-order valence-electron chi connectivity index (χ4n) is 7.41. The summed E-state index contributed by atoms with van der Waals surface area (Å²) in [7, 11) is 0. The fraction of sp³-hybridized carbons (Fsp3) is 0.405. The van der Waals surface area contributed by atoms with Crippen LogP contribution >= 0.6 is 11.6 Å². The molecule has 3 heterocycles. The number of rotatable bonds is 15.